The molecule has 3 aromatic rings. The van der Waals surface area contributed by atoms with Gasteiger partial charge in [-0.1, -0.05) is 12.1 Å². The molecule has 7 nitrogen and oxygen atoms in total. The smallest absolute Gasteiger partial charge is 0.433 e. The first kappa shape index (κ1) is 20.2. The van der Waals surface area contributed by atoms with E-state index in [9.17, 15) is 17.6 Å². The molecule has 11 heteroatoms. The van der Waals surface area contributed by atoms with E-state index in [4.69, 9.17) is 4.74 Å². The van der Waals surface area contributed by atoms with Crippen LogP contribution in [0.1, 0.15) is 17.0 Å². The maximum atomic E-state index is 13.9. The molecule has 3 rings (SSSR count). The van der Waals surface area contributed by atoms with Crippen molar-refractivity contribution < 1.29 is 22.3 Å². The zero-order valence-electron chi connectivity index (χ0n) is 15.6. The third-order valence-electron chi connectivity index (χ3n) is 3.95. The number of hydrogen-bond donors (Lipinski definition) is 1. The summed E-state index contributed by atoms with van der Waals surface area (Å²) in [6, 6.07) is 7.32. The number of hydrazone groups is 1. The van der Waals surface area contributed by atoms with E-state index in [0.717, 1.165) is 17.0 Å². The van der Waals surface area contributed by atoms with E-state index >= 15 is 0 Å². The molecular weight excluding hydrogens is 392 g/mol. The molecule has 0 fully saturated rings. The molecule has 0 spiro atoms. The first-order valence-electron chi connectivity index (χ1n) is 8.28. The molecular formula is C18H16F4N6O. The van der Waals surface area contributed by atoms with Crippen molar-refractivity contribution in [3.8, 4) is 17.0 Å². The van der Waals surface area contributed by atoms with E-state index in [2.05, 4.69) is 25.6 Å². The molecule has 152 valence electrons. The van der Waals surface area contributed by atoms with Gasteiger partial charge in [0.1, 0.15) is 5.75 Å². The van der Waals surface area contributed by atoms with Gasteiger partial charge in [0.05, 0.1) is 30.3 Å². The molecule has 0 aliphatic rings. The van der Waals surface area contributed by atoms with Crippen LogP contribution < -0.4 is 10.2 Å². The first-order valence-corrected chi connectivity index (χ1v) is 8.28. The Kier molecular flexibility index (Phi) is 5.48. The van der Waals surface area contributed by atoms with Gasteiger partial charge in [0.15, 0.2) is 5.69 Å². The van der Waals surface area contributed by atoms with E-state index in [1.807, 2.05) is 0 Å². The highest BCUT2D eigenvalue weighted by atomic mass is 19.4. The zero-order chi connectivity index (χ0) is 21.2. The molecule has 0 aliphatic heterocycles. The summed E-state index contributed by atoms with van der Waals surface area (Å²) in [7, 11) is 2.82. The number of hydrogen-bond acceptors (Lipinski definition) is 6. The summed E-state index contributed by atoms with van der Waals surface area (Å²) in [4.78, 5) is 7.53. The number of aryl methyl sites for hydroxylation is 2. The van der Waals surface area contributed by atoms with Crippen molar-refractivity contribution in [2.75, 3.05) is 12.5 Å². The number of anilines is 1. The molecule has 0 saturated carbocycles. The van der Waals surface area contributed by atoms with Crippen molar-refractivity contribution in [3.63, 3.8) is 0 Å². The van der Waals surface area contributed by atoms with E-state index < -0.39 is 23.8 Å². The molecule has 0 unspecified atom stereocenters. The Bertz CT molecular complexity index is 1060. The Labute approximate surface area is 163 Å². The van der Waals surface area contributed by atoms with Gasteiger partial charge in [0.25, 0.3) is 0 Å². The van der Waals surface area contributed by atoms with Crippen molar-refractivity contribution >= 4 is 12.2 Å². The monoisotopic (exact) mass is 408 g/mol. The Morgan fingerprint density at radius 1 is 1.21 bits per heavy atom. The van der Waals surface area contributed by atoms with Gasteiger partial charge in [0.2, 0.25) is 11.9 Å². The van der Waals surface area contributed by atoms with Gasteiger partial charge in [-0.15, -0.1) is 0 Å². The lowest BCUT2D eigenvalue weighted by molar-refractivity contribution is -0.141. The second kappa shape index (κ2) is 7.86. The number of methoxy groups -OCH3 is 1. The number of halogens is 4. The standard InChI is InChI=1S/C18H16F4N6O/c1-10-12(16(19)28(2)27-10)9-23-26-17-24-13(8-15(25-17)18(20,21)22)11-6-4-5-7-14(11)29-3/h4-9H,1-3H3,(H,24,25,26)/b23-9-. The quantitative estimate of drug-likeness (QED) is 0.395. The normalized spacial score (nSPS) is 11.8. The Balaban J connectivity index is 1.99. The number of nitrogens with zero attached hydrogens (tertiary/aromatic N) is 5. The molecule has 0 amide bonds. The van der Waals surface area contributed by atoms with Gasteiger partial charge in [0, 0.05) is 12.6 Å². The highest BCUT2D eigenvalue weighted by molar-refractivity contribution is 5.81. The summed E-state index contributed by atoms with van der Waals surface area (Å²) in [6.07, 6.45) is -3.60. The largest absolute Gasteiger partial charge is 0.496 e. The molecule has 0 radical (unpaired) electrons. The topological polar surface area (TPSA) is 77.2 Å². The molecule has 2 aromatic heterocycles. The van der Waals surface area contributed by atoms with Gasteiger partial charge >= 0.3 is 6.18 Å². The summed E-state index contributed by atoms with van der Waals surface area (Å²) in [5.74, 6) is -0.687. The highest BCUT2D eigenvalue weighted by Gasteiger charge is 2.34. The van der Waals surface area contributed by atoms with Crippen molar-refractivity contribution in [2.45, 2.75) is 13.1 Å². The molecule has 2 heterocycles. The van der Waals surface area contributed by atoms with Crippen molar-refractivity contribution in [1.29, 1.82) is 0 Å². The average molecular weight is 408 g/mol. The lowest BCUT2D eigenvalue weighted by Gasteiger charge is -2.12. The van der Waals surface area contributed by atoms with Crippen LogP contribution in [0.2, 0.25) is 0 Å². The molecule has 0 saturated heterocycles. The predicted octanol–water partition coefficient (Wildman–Crippen LogP) is 3.80. The van der Waals surface area contributed by atoms with E-state index in [1.54, 1.807) is 31.2 Å². The molecule has 0 aliphatic carbocycles. The minimum atomic E-state index is -4.70. The minimum Gasteiger partial charge on any atom is -0.496 e. The van der Waals surface area contributed by atoms with Crippen LogP contribution in [0, 0.1) is 12.9 Å². The lowest BCUT2D eigenvalue weighted by atomic mass is 10.1. The maximum Gasteiger partial charge on any atom is 0.433 e. The maximum absolute atomic E-state index is 13.9. The third-order valence-corrected chi connectivity index (χ3v) is 3.95. The van der Waals surface area contributed by atoms with Crippen molar-refractivity contribution in [1.82, 2.24) is 19.7 Å². The van der Waals surface area contributed by atoms with Gasteiger partial charge in [-0.3, -0.25) is 0 Å². The lowest BCUT2D eigenvalue weighted by Crippen LogP contribution is -2.11. The van der Waals surface area contributed by atoms with Crippen molar-refractivity contribution in [2.24, 2.45) is 12.1 Å². The zero-order valence-corrected chi connectivity index (χ0v) is 15.6. The molecule has 1 aromatic carbocycles. The minimum absolute atomic E-state index is 0.00814. The van der Waals surface area contributed by atoms with Crippen LogP contribution in [0.25, 0.3) is 11.3 Å². The van der Waals surface area contributed by atoms with Crippen LogP contribution in [0.4, 0.5) is 23.5 Å². The summed E-state index contributed by atoms with van der Waals surface area (Å²) >= 11 is 0. The van der Waals surface area contributed by atoms with E-state index in [0.29, 0.717) is 17.0 Å². The predicted molar refractivity (Wildman–Crippen MR) is 98.1 cm³/mol. The summed E-state index contributed by atoms with van der Waals surface area (Å²) in [5.41, 5.74) is 1.97. The number of alkyl halides is 3. The van der Waals surface area contributed by atoms with Crippen LogP contribution in [0.3, 0.4) is 0 Å². The Hall–Kier alpha value is -3.50. The molecule has 1 N–H and O–H groups in total. The van der Waals surface area contributed by atoms with Gasteiger partial charge in [-0.05, 0) is 25.1 Å². The van der Waals surface area contributed by atoms with Crippen LogP contribution in [-0.2, 0) is 13.2 Å². The highest BCUT2D eigenvalue weighted by Crippen LogP contribution is 2.34. The summed E-state index contributed by atoms with van der Waals surface area (Å²) < 4.78 is 60.0. The first-order chi connectivity index (χ1) is 13.7. The van der Waals surface area contributed by atoms with Crippen LogP contribution in [0.15, 0.2) is 35.4 Å². The number of nitrogens with one attached hydrogen (secondary N) is 1. The number of benzene rings is 1. The molecule has 0 atom stereocenters. The second-order valence-electron chi connectivity index (χ2n) is 5.94. The average Bonchev–Trinajstić information content (AvgIpc) is 2.93. The van der Waals surface area contributed by atoms with Gasteiger partial charge < -0.3 is 4.74 Å². The fourth-order valence-corrected chi connectivity index (χ4v) is 2.58. The van der Waals surface area contributed by atoms with Crippen LogP contribution in [0.5, 0.6) is 5.75 Å². The Morgan fingerprint density at radius 3 is 2.55 bits per heavy atom. The fourth-order valence-electron chi connectivity index (χ4n) is 2.58. The number of ether oxygens (including phenoxy) is 1. The third kappa shape index (κ3) is 4.33. The number of aromatic nitrogens is 4. The van der Waals surface area contributed by atoms with Crippen molar-refractivity contribution in [3.05, 3.63) is 53.2 Å². The number of para-hydroxylation sites is 1. The van der Waals surface area contributed by atoms with Gasteiger partial charge in [-0.2, -0.15) is 27.8 Å². The SMILES string of the molecule is COc1ccccc1-c1cc(C(F)(F)F)nc(N/N=C\c2c(C)nn(C)c2F)n1. The van der Waals surface area contributed by atoms with Crippen LogP contribution >= 0.6 is 0 Å². The van der Waals surface area contributed by atoms with E-state index in [-0.39, 0.29) is 11.3 Å². The summed E-state index contributed by atoms with van der Waals surface area (Å²) in [6.45, 7) is 1.57. The van der Waals surface area contributed by atoms with Crippen LogP contribution in [-0.4, -0.2) is 33.1 Å². The second-order valence-corrected chi connectivity index (χ2v) is 5.94. The van der Waals surface area contributed by atoms with Gasteiger partial charge in [-0.25, -0.2) is 20.1 Å². The van der Waals surface area contributed by atoms with E-state index in [1.165, 1.54) is 14.2 Å². The molecule has 29 heavy (non-hydrogen) atoms. The summed E-state index contributed by atoms with van der Waals surface area (Å²) in [5, 5.41) is 7.64. The Morgan fingerprint density at radius 2 is 1.93 bits per heavy atom. The molecule has 0 bridgehead atoms. The fraction of sp³-hybridized carbons (Fsp3) is 0.222. The number of rotatable bonds is 5.